The Morgan fingerprint density at radius 2 is 2.19 bits per heavy atom. The van der Waals surface area contributed by atoms with E-state index in [4.69, 9.17) is 10.3 Å². The number of hydrogen-bond donors (Lipinski definition) is 1. The SMILES string of the molecule is Nc1sc2c(c1-c1nc(-c3cccc(Br)c3)no1)CCC2. The molecule has 0 aliphatic heterocycles. The number of anilines is 1. The molecule has 0 radical (unpaired) electrons. The number of nitrogen functional groups attached to an aromatic ring is 1. The highest BCUT2D eigenvalue weighted by Crippen LogP contribution is 2.43. The molecule has 0 spiro atoms. The van der Waals surface area contributed by atoms with Crippen LogP contribution in [-0.4, -0.2) is 10.1 Å². The van der Waals surface area contributed by atoms with E-state index in [1.807, 2.05) is 24.3 Å². The average Bonchev–Trinajstić information content (AvgIpc) is 3.14. The van der Waals surface area contributed by atoms with Crippen molar-refractivity contribution in [3.63, 3.8) is 0 Å². The molecule has 1 aliphatic carbocycles. The number of halogens is 1. The lowest BCUT2D eigenvalue weighted by Gasteiger charge is -1.96. The van der Waals surface area contributed by atoms with E-state index in [1.54, 1.807) is 11.3 Å². The Kier molecular flexibility index (Phi) is 3.08. The highest BCUT2D eigenvalue weighted by Gasteiger charge is 2.25. The van der Waals surface area contributed by atoms with Gasteiger partial charge in [-0.3, -0.25) is 0 Å². The van der Waals surface area contributed by atoms with Crippen LogP contribution in [0.4, 0.5) is 5.00 Å². The second-order valence-corrected chi connectivity index (χ2v) is 7.08. The molecule has 3 aromatic rings. The van der Waals surface area contributed by atoms with Crippen molar-refractivity contribution in [2.75, 3.05) is 5.73 Å². The minimum absolute atomic E-state index is 0.530. The molecule has 4 nitrogen and oxygen atoms in total. The van der Waals surface area contributed by atoms with E-state index in [0.717, 1.165) is 33.4 Å². The van der Waals surface area contributed by atoms with Crippen molar-refractivity contribution < 1.29 is 4.52 Å². The summed E-state index contributed by atoms with van der Waals surface area (Å²) in [4.78, 5) is 5.90. The average molecular weight is 362 g/mol. The first-order valence-corrected chi connectivity index (χ1v) is 8.33. The molecule has 0 fully saturated rings. The van der Waals surface area contributed by atoms with Crippen LogP contribution in [0.2, 0.25) is 0 Å². The Labute approximate surface area is 134 Å². The summed E-state index contributed by atoms with van der Waals surface area (Å²) in [6, 6.07) is 7.84. The molecule has 0 saturated heterocycles. The van der Waals surface area contributed by atoms with Crippen LogP contribution in [0.5, 0.6) is 0 Å². The number of fused-ring (bicyclic) bond motifs is 1. The molecule has 0 amide bonds. The number of rotatable bonds is 2. The molecule has 0 atom stereocenters. The highest BCUT2D eigenvalue weighted by molar-refractivity contribution is 9.10. The van der Waals surface area contributed by atoms with Crippen molar-refractivity contribution in [3.8, 4) is 22.8 Å². The number of nitrogens with zero attached hydrogens (tertiary/aromatic N) is 2. The van der Waals surface area contributed by atoms with Crippen molar-refractivity contribution in [1.82, 2.24) is 10.1 Å². The lowest BCUT2D eigenvalue weighted by molar-refractivity contribution is 0.432. The Balaban J connectivity index is 1.79. The quantitative estimate of drug-likeness (QED) is 0.738. The van der Waals surface area contributed by atoms with Gasteiger partial charge >= 0.3 is 0 Å². The van der Waals surface area contributed by atoms with E-state index >= 15 is 0 Å². The molecule has 1 aliphatic rings. The van der Waals surface area contributed by atoms with Crippen molar-refractivity contribution in [3.05, 3.63) is 39.2 Å². The summed E-state index contributed by atoms with van der Waals surface area (Å²) in [6.07, 6.45) is 3.34. The zero-order chi connectivity index (χ0) is 14.4. The molecule has 6 heteroatoms. The molecule has 2 aromatic heterocycles. The van der Waals surface area contributed by atoms with Crippen LogP contribution in [-0.2, 0) is 12.8 Å². The predicted octanol–water partition coefficient (Wildman–Crippen LogP) is 4.30. The van der Waals surface area contributed by atoms with Crippen LogP contribution < -0.4 is 5.73 Å². The largest absolute Gasteiger partial charge is 0.390 e. The molecule has 2 heterocycles. The molecular weight excluding hydrogens is 350 g/mol. The normalized spacial score (nSPS) is 13.6. The monoisotopic (exact) mass is 361 g/mol. The van der Waals surface area contributed by atoms with E-state index in [1.165, 1.54) is 16.9 Å². The van der Waals surface area contributed by atoms with Gasteiger partial charge in [0, 0.05) is 14.9 Å². The first kappa shape index (κ1) is 13.0. The zero-order valence-electron chi connectivity index (χ0n) is 11.1. The summed E-state index contributed by atoms with van der Waals surface area (Å²) in [5, 5.41) is 4.87. The minimum Gasteiger partial charge on any atom is -0.390 e. The fourth-order valence-corrected chi connectivity index (χ4v) is 4.28. The summed E-state index contributed by atoms with van der Waals surface area (Å²) < 4.78 is 6.45. The number of hydrogen-bond acceptors (Lipinski definition) is 5. The van der Waals surface area contributed by atoms with Gasteiger partial charge in [0.15, 0.2) is 0 Å². The van der Waals surface area contributed by atoms with Gasteiger partial charge in [0.05, 0.1) is 10.6 Å². The maximum Gasteiger partial charge on any atom is 0.261 e. The van der Waals surface area contributed by atoms with Gasteiger partial charge in [0.1, 0.15) is 0 Å². The third kappa shape index (κ3) is 2.18. The molecular formula is C15H12BrN3OS. The van der Waals surface area contributed by atoms with Crippen LogP contribution in [0.1, 0.15) is 16.9 Å². The Morgan fingerprint density at radius 3 is 3.05 bits per heavy atom. The number of aryl methyl sites for hydroxylation is 1. The van der Waals surface area contributed by atoms with Crippen LogP contribution in [0, 0.1) is 0 Å². The van der Waals surface area contributed by atoms with Crippen LogP contribution in [0.25, 0.3) is 22.8 Å². The Hall–Kier alpha value is -1.66. The Morgan fingerprint density at radius 1 is 1.29 bits per heavy atom. The van der Waals surface area contributed by atoms with Crippen molar-refractivity contribution in [2.45, 2.75) is 19.3 Å². The van der Waals surface area contributed by atoms with Gasteiger partial charge < -0.3 is 10.3 Å². The third-order valence-corrected chi connectivity index (χ3v) is 5.29. The van der Waals surface area contributed by atoms with Gasteiger partial charge in [0.25, 0.3) is 5.89 Å². The van der Waals surface area contributed by atoms with E-state index in [2.05, 4.69) is 26.1 Å². The van der Waals surface area contributed by atoms with Gasteiger partial charge in [-0.25, -0.2) is 0 Å². The molecule has 106 valence electrons. The van der Waals surface area contributed by atoms with E-state index < -0.39 is 0 Å². The summed E-state index contributed by atoms with van der Waals surface area (Å²) in [6.45, 7) is 0. The zero-order valence-corrected chi connectivity index (χ0v) is 13.5. The van der Waals surface area contributed by atoms with Crippen LogP contribution in [0.15, 0.2) is 33.3 Å². The molecule has 21 heavy (non-hydrogen) atoms. The number of benzene rings is 1. The maximum atomic E-state index is 6.14. The number of aromatic nitrogens is 2. The lowest BCUT2D eigenvalue weighted by atomic mass is 10.1. The van der Waals surface area contributed by atoms with E-state index in [9.17, 15) is 0 Å². The second-order valence-electron chi connectivity index (χ2n) is 5.03. The third-order valence-electron chi connectivity index (χ3n) is 3.67. The number of thiophene rings is 1. The van der Waals surface area contributed by atoms with Crippen molar-refractivity contribution >= 4 is 32.3 Å². The molecule has 0 saturated carbocycles. The topological polar surface area (TPSA) is 64.9 Å². The van der Waals surface area contributed by atoms with E-state index in [0.29, 0.717) is 11.7 Å². The smallest absolute Gasteiger partial charge is 0.261 e. The predicted molar refractivity (Wildman–Crippen MR) is 87.2 cm³/mol. The van der Waals surface area contributed by atoms with Gasteiger partial charge in [-0.2, -0.15) is 4.98 Å². The minimum atomic E-state index is 0.530. The molecule has 0 unspecified atom stereocenters. The lowest BCUT2D eigenvalue weighted by Crippen LogP contribution is -1.88. The molecule has 1 aromatic carbocycles. The summed E-state index contributed by atoms with van der Waals surface area (Å²) >= 11 is 5.10. The van der Waals surface area contributed by atoms with Gasteiger partial charge in [-0.1, -0.05) is 33.2 Å². The van der Waals surface area contributed by atoms with Gasteiger partial charge in [-0.05, 0) is 37.0 Å². The number of nitrogens with two attached hydrogens (primary N) is 1. The van der Waals surface area contributed by atoms with Crippen molar-refractivity contribution in [1.29, 1.82) is 0 Å². The highest BCUT2D eigenvalue weighted by atomic mass is 79.9. The van der Waals surface area contributed by atoms with Gasteiger partial charge in [-0.15, -0.1) is 11.3 Å². The molecule has 4 rings (SSSR count). The van der Waals surface area contributed by atoms with Crippen molar-refractivity contribution in [2.24, 2.45) is 0 Å². The van der Waals surface area contributed by atoms with Crippen LogP contribution >= 0.6 is 27.3 Å². The summed E-state index contributed by atoms with van der Waals surface area (Å²) in [5.41, 5.74) is 9.30. The first-order valence-electron chi connectivity index (χ1n) is 6.72. The molecule has 2 N–H and O–H groups in total. The standard InChI is InChI=1S/C15H12BrN3OS/c16-9-4-1-3-8(7-9)14-18-15(20-19-14)12-10-5-2-6-11(10)21-13(12)17/h1,3-4,7H,2,5-6,17H2. The van der Waals surface area contributed by atoms with E-state index in [-0.39, 0.29) is 0 Å². The summed E-state index contributed by atoms with van der Waals surface area (Å²) in [5.74, 6) is 1.12. The Bertz CT molecular complexity index is 824. The first-order chi connectivity index (χ1) is 10.2. The fraction of sp³-hybridized carbons (Fsp3) is 0.200. The maximum absolute atomic E-state index is 6.14. The fourth-order valence-electron chi connectivity index (χ4n) is 2.73. The molecule has 0 bridgehead atoms. The summed E-state index contributed by atoms with van der Waals surface area (Å²) in [7, 11) is 0. The van der Waals surface area contributed by atoms with Gasteiger partial charge in [0.2, 0.25) is 5.82 Å². The van der Waals surface area contributed by atoms with Crippen LogP contribution in [0.3, 0.4) is 0 Å². The second kappa shape index (κ2) is 4.96.